The molecule has 0 bridgehead atoms. The third-order valence-electron chi connectivity index (χ3n) is 5.74. The standard InChI is InChI=1S/C27H24N2O3S/c1-20-16-18-23(19-17-20)33(30,31)28-29-26(21-10-4-2-5-11-21)24-14-8-9-15-25(24)32-27(29)22-12-6-3-7-13-22/h2-19,26-28H,1H3/t26-,27+/m0/s1. The minimum absolute atomic E-state index is 0.200. The second-order valence-corrected chi connectivity index (χ2v) is 9.71. The summed E-state index contributed by atoms with van der Waals surface area (Å²) in [5.74, 6) is 0.728. The van der Waals surface area contributed by atoms with Crippen molar-refractivity contribution in [1.82, 2.24) is 9.84 Å². The number of benzene rings is 4. The fraction of sp³-hybridized carbons (Fsp3) is 0.111. The number of hydrogen-bond donors (Lipinski definition) is 1. The molecule has 5 nitrogen and oxygen atoms in total. The summed E-state index contributed by atoms with van der Waals surface area (Å²) >= 11 is 0. The first-order chi connectivity index (χ1) is 16.0. The second kappa shape index (κ2) is 8.83. The Hall–Kier alpha value is -3.45. The highest BCUT2D eigenvalue weighted by molar-refractivity contribution is 7.89. The smallest absolute Gasteiger partial charge is 0.253 e. The van der Waals surface area contributed by atoms with Crippen molar-refractivity contribution in [2.45, 2.75) is 24.1 Å². The van der Waals surface area contributed by atoms with Gasteiger partial charge in [0.25, 0.3) is 10.0 Å². The molecule has 2 atom stereocenters. The van der Waals surface area contributed by atoms with Crippen LogP contribution in [-0.4, -0.2) is 13.4 Å². The van der Waals surface area contributed by atoms with Gasteiger partial charge in [-0.1, -0.05) is 96.6 Å². The van der Waals surface area contributed by atoms with E-state index in [9.17, 15) is 8.42 Å². The van der Waals surface area contributed by atoms with E-state index in [-0.39, 0.29) is 10.9 Å². The average molecular weight is 457 g/mol. The van der Waals surface area contributed by atoms with Crippen LogP contribution < -0.4 is 9.57 Å². The third-order valence-corrected chi connectivity index (χ3v) is 7.08. The normalized spacial score (nSPS) is 18.3. The number of aryl methyl sites for hydroxylation is 1. The molecule has 33 heavy (non-hydrogen) atoms. The molecule has 5 rings (SSSR count). The van der Waals surface area contributed by atoms with Gasteiger partial charge < -0.3 is 4.74 Å². The summed E-state index contributed by atoms with van der Waals surface area (Å²) in [6.45, 7) is 1.93. The SMILES string of the molecule is Cc1ccc(S(=O)(=O)NN2[C@@H](c3ccccc3)c3ccccc3O[C@@H]2c2ccccc2)cc1. The zero-order valence-electron chi connectivity index (χ0n) is 18.1. The lowest BCUT2D eigenvalue weighted by molar-refractivity contribution is -0.0368. The summed E-state index contributed by atoms with van der Waals surface area (Å²) in [6.07, 6.45) is -0.661. The molecule has 1 N–H and O–H groups in total. The first-order valence-corrected chi connectivity index (χ1v) is 12.2. The number of para-hydroxylation sites is 1. The van der Waals surface area contributed by atoms with Crippen LogP contribution in [0.2, 0.25) is 0 Å². The molecule has 1 aliphatic heterocycles. The van der Waals surface area contributed by atoms with Crippen LogP contribution in [-0.2, 0) is 10.0 Å². The molecule has 4 aromatic carbocycles. The van der Waals surface area contributed by atoms with E-state index in [0.717, 1.165) is 28.0 Å². The number of fused-ring (bicyclic) bond motifs is 1. The van der Waals surface area contributed by atoms with Crippen LogP contribution in [0.4, 0.5) is 0 Å². The van der Waals surface area contributed by atoms with Gasteiger partial charge in [-0.15, -0.1) is 4.83 Å². The van der Waals surface area contributed by atoms with Crippen LogP contribution in [0, 0.1) is 6.92 Å². The Balaban J connectivity index is 1.66. The van der Waals surface area contributed by atoms with Gasteiger partial charge in [-0.3, -0.25) is 0 Å². The van der Waals surface area contributed by atoms with Crippen molar-refractivity contribution < 1.29 is 13.2 Å². The fourth-order valence-corrected chi connectivity index (χ4v) is 5.19. The largest absolute Gasteiger partial charge is 0.469 e. The van der Waals surface area contributed by atoms with Crippen molar-refractivity contribution in [2.24, 2.45) is 0 Å². The van der Waals surface area contributed by atoms with Crippen LogP contribution in [0.25, 0.3) is 0 Å². The van der Waals surface area contributed by atoms with E-state index in [0.29, 0.717) is 0 Å². The van der Waals surface area contributed by atoms with Crippen molar-refractivity contribution in [3.05, 3.63) is 131 Å². The molecule has 0 saturated heterocycles. The summed E-state index contributed by atoms with van der Waals surface area (Å²) in [7, 11) is -3.87. The molecular weight excluding hydrogens is 432 g/mol. The number of ether oxygens (including phenoxy) is 1. The Morgan fingerprint density at radius 1 is 0.727 bits per heavy atom. The highest BCUT2D eigenvalue weighted by Crippen LogP contribution is 2.44. The first kappa shape index (κ1) is 21.4. The second-order valence-electron chi connectivity index (χ2n) is 8.05. The van der Waals surface area contributed by atoms with Crippen molar-refractivity contribution in [3.8, 4) is 5.75 Å². The number of hydrazine groups is 1. The predicted molar refractivity (Wildman–Crippen MR) is 128 cm³/mol. The van der Waals surface area contributed by atoms with Gasteiger partial charge in [0.1, 0.15) is 5.75 Å². The minimum Gasteiger partial charge on any atom is -0.469 e. The maximum atomic E-state index is 13.5. The molecule has 0 radical (unpaired) electrons. The number of nitrogens with one attached hydrogen (secondary N) is 1. The summed E-state index contributed by atoms with van der Waals surface area (Å²) in [6, 6.07) is 33.7. The first-order valence-electron chi connectivity index (χ1n) is 10.8. The minimum atomic E-state index is -3.87. The van der Waals surface area contributed by atoms with Crippen LogP contribution >= 0.6 is 0 Å². The number of hydrogen-bond acceptors (Lipinski definition) is 4. The van der Waals surface area contributed by atoms with Crippen LogP contribution in [0.3, 0.4) is 0 Å². The highest BCUT2D eigenvalue weighted by Gasteiger charge is 2.40. The van der Waals surface area contributed by atoms with Gasteiger partial charge in [0.05, 0.1) is 10.9 Å². The molecule has 0 spiro atoms. The maximum absolute atomic E-state index is 13.5. The van der Waals surface area contributed by atoms with Crippen LogP contribution in [0.15, 0.2) is 114 Å². The van der Waals surface area contributed by atoms with E-state index in [1.54, 1.807) is 29.3 Å². The number of sulfonamides is 1. The van der Waals surface area contributed by atoms with Gasteiger partial charge in [0.15, 0.2) is 6.23 Å². The van der Waals surface area contributed by atoms with E-state index in [1.165, 1.54) is 0 Å². The lowest BCUT2D eigenvalue weighted by atomic mass is 9.95. The van der Waals surface area contributed by atoms with E-state index in [2.05, 4.69) is 4.83 Å². The highest BCUT2D eigenvalue weighted by atomic mass is 32.2. The molecule has 0 unspecified atom stereocenters. The van der Waals surface area contributed by atoms with Crippen molar-refractivity contribution in [1.29, 1.82) is 0 Å². The number of nitrogens with zero attached hydrogens (tertiary/aromatic N) is 1. The van der Waals surface area contributed by atoms with Crippen LogP contribution in [0.5, 0.6) is 5.75 Å². The van der Waals surface area contributed by atoms with Gasteiger partial charge in [-0.05, 0) is 30.7 Å². The third kappa shape index (κ3) is 4.28. The molecule has 0 saturated carbocycles. The van der Waals surface area contributed by atoms with Crippen molar-refractivity contribution in [2.75, 3.05) is 0 Å². The van der Waals surface area contributed by atoms with Gasteiger partial charge in [0.2, 0.25) is 0 Å². The van der Waals surface area contributed by atoms with Gasteiger partial charge in [-0.25, -0.2) is 8.42 Å². The average Bonchev–Trinajstić information content (AvgIpc) is 2.85. The van der Waals surface area contributed by atoms with Crippen LogP contribution in [0.1, 0.15) is 34.5 Å². The molecule has 1 aliphatic rings. The molecule has 166 valence electrons. The van der Waals surface area contributed by atoms with Crippen molar-refractivity contribution in [3.63, 3.8) is 0 Å². The Bertz CT molecular complexity index is 1340. The van der Waals surface area contributed by atoms with E-state index >= 15 is 0 Å². The fourth-order valence-electron chi connectivity index (χ4n) is 4.11. The maximum Gasteiger partial charge on any atom is 0.253 e. The summed E-state index contributed by atoms with van der Waals surface area (Å²) in [5, 5.41) is 1.70. The lowest BCUT2D eigenvalue weighted by Gasteiger charge is -2.42. The summed E-state index contributed by atoms with van der Waals surface area (Å²) < 4.78 is 33.3. The molecule has 0 aliphatic carbocycles. The zero-order chi connectivity index (χ0) is 22.8. The summed E-state index contributed by atoms with van der Waals surface area (Å²) in [5.41, 5.74) is 3.69. The predicted octanol–water partition coefficient (Wildman–Crippen LogP) is 5.37. The van der Waals surface area contributed by atoms with Gasteiger partial charge in [0, 0.05) is 11.1 Å². The Kier molecular flexibility index (Phi) is 5.72. The molecule has 0 fully saturated rings. The van der Waals surface area contributed by atoms with E-state index in [1.807, 2.05) is 91.9 Å². The molecule has 0 aromatic heterocycles. The molecule has 4 aromatic rings. The summed E-state index contributed by atoms with van der Waals surface area (Å²) in [4.78, 5) is 3.05. The Labute approximate surface area is 194 Å². The van der Waals surface area contributed by atoms with Crippen molar-refractivity contribution >= 4 is 10.0 Å². The number of rotatable bonds is 5. The monoisotopic (exact) mass is 456 g/mol. The molecular formula is C27H24N2O3S. The molecule has 6 heteroatoms. The Morgan fingerprint density at radius 2 is 1.30 bits per heavy atom. The molecule has 1 heterocycles. The molecule has 0 amide bonds. The topological polar surface area (TPSA) is 58.6 Å². The van der Waals surface area contributed by atoms with Gasteiger partial charge >= 0.3 is 0 Å². The van der Waals surface area contributed by atoms with Gasteiger partial charge in [-0.2, -0.15) is 5.01 Å². The lowest BCUT2D eigenvalue weighted by Crippen LogP contribution is -2.50. The van der Waals surface area contributed by atoms with E-state index in [4.69, 9.17) is 4.74 Å². The quantitative estimate of drug-likeness (QED) is 0.439. The zero-order valence-corrected chi connectivity index (χ0v) is 18.9. The Morgan fingerprint density at radius 3 is 1.97 bits per heavy atom. The van der Waals surface area contributed by atoms with E-state index < -0.39 is 16.3 Å².